The number of aliphatic hydroxyl groups is 1. The van der Waals surface area contributed by atoms with Gasteiger partial charge in [-0.25, -0.2) is 4.39 Å². The van der Waals surface area contributed by atoms with Crippen LogP contribution < -0.4 is 0 Å². The smallest absolute Gasteiger partial charge is 0.130 e. The fourth-order valence-corrected chi connectivity index (χ4v) is 1.33. The summed E-state index contributed by atoms with van der Waals surface area (Å²) in [6, 6.07) is 4.48. The third-order valence-electron chi connectivity index (χ3n) is 1.63. The normalized spacial score (nSPS) is 12.2. The minimum absolute atomic E-state index is 0.124. The highest BCUT2D eigenvalue weighted by atomic mass is 79.9. The molecule has 0 aliphatic carbocycles. The van der Waals surface area contributed by atoms with E-state index in [1.807, 2.05) is 0 Å². The van der Waals surface area contributed by atoms with Crippen LogP contribution in [0, 0.1) is 18.2 Å². The van der Waals surface area contributed by atoms with E-state index < -0.39 is 11.9 Å². The van der Waals surface area contributed by atoms with Crippen molar-refractivity contribution < 1.29 is 9.50 Å². The Hall–Kier alpha value is -0.850. The summed E-state index contributed by atoms with van der Waals surface area (Å²) in [5.41, 5.74) is 0.237. The molecule has 0 fully saturated rings. The van der Waals surface area contributed by atoms with Gasteiger partial charge in [0.2, 0.25) is 0 Å². The minimum atomic E-state index is -0.918. The molecule has 0 saturated heterocycles. The van der Waals surface area contributed by atoms with Crippen molar-refractivity contribution in [3.8, 4) is 12.3 Å². The zero-order valence-corrected chi connectivity index (χ0v) is 8.38. The number of halogens is 2. The van der Waals surface area contributed by atoms with Gasteiger partial charge in [-0.2, -0.15) is 0 Å². The first kappa shape index (κ1) is 10.2. The van der Waals surface area contributed by atoms with Crippen LogP contribution in [0.3, 0.4) is 0 Å². The second kappa shape index (κ2) is 4.40. The minimum Gasteiger partial charge on any atom is -0.387 e. The first-order valence-corrected chi connectivity index (χ1v) is 4.51. The zero-order valence-electron chi connectivity index (χ0n) is 6.80. The number of terminal acetylenes is 1. The molecule has 13 heavy (non-hydrogen) atoms. The van der Waals surface area contributed by atoms with Gasteiger partial charge < -0.3 is 5.11 Å². The second-order valence-electron chi connectivity index (χ2n) is 2.59. The van der Waals surface area contributed by atoms with E-state index in [9.17, 15) is 9.50 Å². The zero-order chi connectivity index (χ0) is 9.84. The monoisotopic (exact) mass is 242 g/mol. The quantitative estimate of drug-likeness (QED) is 0.791. The number of hydrogen-bond acceptors (Lipinski definition) is 1. The van der Waals surface area contributed by atoms with Crippen LogP contribution in [0.25, 0.3) is 0 Å². The molecule has 0 spiro atoms. The Morgan fingerprint density at radius 2 is 2.31 bits per heavy atom. The first-order chi connectivity index (χ1) is 6.15. The highest BCUT2D eigenvalue weighted by Gasteiger charge is 2.11. The van der Waals surface area contributed by atoms with Crippen molar-refractivity contribution in [3.05, 3.63) is 34.1 Å². The Bertz CT molecular complexity index is 343. The van der Waals surface area contributed by atoms with Crippen molar-refractivity contribution in [1.29, 1.82) is 0 Å². The average Bonchev–Trinajstić information content (AvgIpc) is 2.04. The van der Waals surface area contributed by atoms with E-state index >= 15 is 0 Å². The van der Waals surface area contributed by atoms with Crippen LogP contribution in [-0.4, -0.2) is 5.11 Å². The predicted octanol–water partition coefficient (Wildman–Crippen LogP) is 2.64. The lowest BCUT2D eigenvalue weighted by Gasteiger charge is -2.08. The van der Waals surface area contributed by atoms with Gasteiger partial charge in [0.1, 0.15) is 5.82 Å². The van der Waals surface area contributed by atoms with E-state index in [4.69, 9.17) is 6.42 Å². The van der Waals surface area contributed by atoms with E-state index in [-0.39, 0.29) is 12.0 Å². The van der Waals surface area contributed by atoms with Crippen LogP contribution >= 0.6 is 15.9 Å². The molecule has 1 nitrogen and oxygen atoms in total. The fraction of sp³-hybridized carbons (Fsp3) is 0.200. The van der Waals surface area contributed by atoms with Crippen LogP contribution in [0.2, 0.25) is 0 Å². The van der Waals surface area contributed by atoms with Gasteiger partial charge in [0.05, 0.1) is 6.10 Å². The number of benzene rings is 1. The van der Waals surface area contributed by atoms with E-state index in [1.54, 1.807) is 6.07 Å². The summed E-state index contributed by atoms with van der Waals surface area (Å²) in [6.07, 6.45) is 4.21. The van der Waals surface area contributed by atoms with Crippen molar-refractivity contribution in [1.82, 2.24) is 0 Å². The Labute approximate surface area is 84.7 Å². The highest BCUT2D eigenvalue weighted by Crippen LogP contribution is 2.22. The Kier molecular flexibility index (Phi) is 3.47. The summed E-state index contributed by atoms with van der Waals surface area (Å²) in [4.78, 5) is 0. The largest absolute Gasteiger partial charge is 0.387 e. The molecule has 0 heterocycles. The molecule has 0 radical (unpaired) electrons. The molecule has 1 rings (SSSR count). The summed E-state index contributed by atoms with van der Waals surface area (Å²) in [7, 11) is 0. The molecule has 0 aliphatic heterocycles. The maximum absolute atomic E-state index is 13.2. The van der Waals surface area contributed by atoms with Gasteiger partial charge in [-0.05, 0) is 12.1 Å². The van der Waals surface area contributed by atoms with Crippen LogP contribution in [0.4, 0.5) is 4.39 Å². The Morgan fingerprint density at radius 1 is 1.62 bits per heavy atom. The Morgan fingerprint density at radius 3 is 2.85 bits per heavy atom. The molecule has 68 valence electrons. The van der Waals surface area contributed by atoms with Gasteiger partial charge in [-0.3, -0.25) is 0 Å². The molecular weight excluding hydrogens is 235 g/mol. The molecule has 0 saturated carbocycles. The molecule has 1 aromatic rings. The van der Waals surface area contributed by atoms with Crippen LogP contribution in [0.5, 0.6) is 0 Å². The van der Waals surface area contributed by atoms with Gasteiger partial charge in [0.25, 0.3) is 0 Å². The molecule has 0 aliphatic rings. The molecule has 0 bridgehead atoms. The number of aliphatic hydroxyl groups excluding tert-OH is 1. The molecule has 0 amide bonds. The van der Waals surface area contributed by atoms with Crippen molar-refractivity contribution in [3.63, 3.8) is 0 Å². The number of hydrogen-bond donors (Lipinski definition) is 1. The molecule has 1 aromatic carbocycles. The molecule has 1 N–H and O–H groups in total. The number of rotatable bonds is 2. The van der Waals surface area contributed by atoms with Gasteiger partial charge in [-0.1, -0.05) is 22.0 Å². The van der Waals surface area contributed by atoms with Crippen molar-refractivity contribution in [2.45, 2.75) is 12.5 Å². The third-order valence-corrected chi connectivity index (χ3v) is 2.13. The second-order valence-corrected chi connectivity index (χ2v) is 3.51. The summed E-state index contributed by atoms with van der Waals surface area (Å²) in [5, 5.41) is 9.39. The van der Waals surface area contributed by atoms with Gasteiger partial charge >= 0.3 is 0 Å². The third kappa shape index (κ3) is 2.55. The maximum Gasteiger partial charge on any atom is 0.130 e. The van der Waals surface area contributed by atoms with E-state index in [2.05, 4.69) is 21.9 Å². The average molecular weight is 243 g/mol. The van der Waals surface area contributed by atoms with Crippen LogP contribution in [-0.2, 0) is 0 Å². The van der Waals surface area contributed by atoms with E-state index in [0.717, 1.165) is 0 Å². The van der Waals surface area contributed by atoms with Gasteiger partial charge in [-0.15, -0.1) is 12.3 Å². The van der Waals surface area contributed by atoms with Crippen molar-refractivity contribution >= 4 is 15.9 Å². The van der Waals surface area contributed by atoms with Crippen molar-refractivity contribution in [2.75, 3.05) is 0 Å². The SMILES string of the molecule is C#CCC(O)c1ccc(Br)cc1F. The van der Waals surface area contributed by atoms with Gasteiger partial charge in [0, 0.05) is 16.5 Å². The van der Waals surface area contributed by atoms with E-state index in [1.165, 1.54) is 12.1 Å². The summed E-state index contributed by atoms with van der Waals surface area (Å²) < 4.78 is 13.8. The summed E-state index contributed by atoms with van der Waals surface area (Å²) >= 11 is 3.12. The molecule has 0 aromatic heterocycles. The summed E-state index contributed by atoms with van der Waals surface area (Å²) in [5.74, 6) is 1.83. The molecular formula is C10H8BrFO. The lowest BCUT2D eigenvalue weighted by molar-refractivity contribution is 0.179. The molecule has 1 unspecified atom stereocenters. The fourth-order valence-electron chi connectivity index (χ4n) is 0.993. The van der Waals surface area contributed by atoms with Gasteiger partial charge in [0.15, 0.2) is 0 Å². The standard InChI is InChI=1S/C10H8BrFO/c1-2-3-10(13)8-5-4-7(11)6-9(8)12/h1,4-6,10,13H,3H2. The lowest BCUT2D eigenvalue weighted by Crippen LogP contribution is -1.99. The topological polar surface area (TPSA) is 20.2 Å². The van der Waals surface area contributed by atoms with Crippen molar-refractivity contribution in [2.24, 2.45) is 0 Å². The lowest BCUT2D eigenvalue weighted by atomic mass is 10.1. The first-order valence-electron chi connectivity index (χ1n) is 3.71. The highest BCUT2D eigenvalue weighted by molar-refractivity contribution is 9.10. The maximum atomic E-state index is 13.2. The summed E-state index contributed by atoms with van der Waals surface area (Å²) in [6.45, 7) is 0. The van der Waals surface area contributed by atoms with Crippen LogP contribution in [0.1, 0.15) is 18.1 Å². The van der Waals surface area contributed by atoms with E-state index in [0.29, 0.717) is 4.47 Å². The molecule has 1 atom stereocenters. The molecule has 3 heteroatoms. The Balaban J connectivity index is 2.96. The van der Waals surface area contributed by atoms with Crippen LogP contribution in [0.15, 0.2) is 22.7 Å². The predicted molar refractivity (Wildman–Crippen MR) is 52.5 cm³/mol.